The maximum absolute atomic E-state index is 11.9. The van der Waals surface area contributed by atoms with Gasteiger partial charge in [0, 0.05) is 12.6 Å². The number of rotatable bonds is 4. The lowest BCUT2D eigenvalue weighted by Crippen LogP contribution is -2.20. The van der Waals surface area contributed by atoms with Crippen molar-refractivity contribution in [2.45, 2.75) is 12.7 Å². The molecule has 7 heteroatoms. The number of pyridine rings is 1. The van der Waals surface area contributed by atoms with Gasteiger partial charge in [0.2, 0.25) is 5.88 Å². The van der Waals surface area contributed by atoms with Crippen LogP contribution in [-0.4, -0.2) is 24.8 Å². The van der Waals surface area contributed by atoms with Crippen molar-refractivity contribution in [2.24, 2.45) is 0 Å². The molecule has 1 aromatic rings. The zero-order chi connectivity index (χ0) is 12.2. The van der Waals surface area contributed by atoms with Crippen LogP contribution in [0.2, 0.25) is 5.02 Å². The molecule has 0 radical (unpaired) electrons. The van der Waals surface area contributed by atoms with Gasteiger partial charge in [0.05, 0.1) is 10.7 Å². The van der Waals surface area contributed by atoms with E-state index in [9.17, 15) is 13.2 Å². The summed E-state index contributed by atoms with van der Waals surface area (Å²) in [7, 11) is 1.68. The lowest BCUT2D eigenvalue weighted by atomic mass is 10.3. The van der Waals surface area contributed by atoms with Crippen molar-refractivity contribution in [1.82, 2.24) is 10.3 Å². The van der Waals surface area contributed by atoms with E-state index in [0.717, 1.165) is 0 Å². The number of hydrogen-bond donors (Lipinski definition) is 1. The van der Waals surface area contributed by atoms with Gasteiger partial charge < -0.3 is 10.1 Å². The van der Waals surface area contributed by atoms with Gasteiger partial charge in [-0.2, -0.15) is 13.2 Å². The van der Waals surface area contributed by atoms with Crippen molar-refractivity contribution in [3.05, 3.63) is 22.8 Å². The van der Waals surface area contributed by atoms with Crippen molar-refractivity contribution in [2.75, 3.05) is 13.7 Å². The van der Waals surface area contributed by atoms with Crippen molar-refractivity contribution in [1.29, 1.82) is 0 Å². The molecule has 1 N–H and O–H groups in total. The van der Waals surface area contributed by atoms with Crippen LogP contribution in [0, 0.1) is 0 Å². The average Bonchev–Trinajstić information content (AvgIpc) is 2.18. The molecule has 90 valence electrons. The van der Waals surface area contributed by atoms with E-state index in [1.165, 1.54) is 12.1 Å². The summed E-state index contributed by atoms with van der Waals surface area (Å²) in [6.45, 7) is -0.997. The van der Waals surface area contributed by atoms with Crippen molar-refractivity contribution in [3.63, 3.8) is 0 Å². The Hall–Kier alpha value is -1.01. The van der Waals surface area contributed by atoms with Crippen LogP contribution >= 0.6 is 11.6 Å². The van der Waals surface area contributed by atoms with Gasteiger partial charge in [0.15, 0.2) is 6.61 Å². The Balaban J connectivity index is 2.71. The van der Waals surface area contributed by atoms with Crippen LogP contribution in [0.25, 0.3) is 0 Å². The van der Waals surface area contributed by atoms with Crippen molar-refractivity contribution < 1.29 is 17.9 Å². The topological polar surface area (TPSA) is 34.2 Å². The maximum atomic E-state index is 11.9. The van der Waals surface area contributed by atoms with Gasteiger partial charge in [0.1, 0.15) is 0 Å². The minimum Gasteiger partial charge on any atom is -0.468 e. The van der Waals surface area contributed by atoms with Crippen LogP contribution in [0.1, 0.15) is 5.69 Å². The molecule has 0 aliphatic rings. The number of alkyl halides is 3. The summed E-state index contributed by atoms with van der Waals surface area (Å²) in [6, 6.07) is 2.75. The van der Waals surface area contributed by atoms with Crippen LogP contribution in [0.3, 0.4) is 0 Å². The van der Waals surface area contributed by atoms with Gasteiger partial charge in [0.25, 0.3) is 0 Å². The molecule has 0 saturated heterocycles. The maximum Gasteiger partial charge on any atom is 0.422 e. The third-order valence-corrected chi connectivity index (χ3v) is 1.97. The summed E-state index contributed by atoms with van der Waals surface area (Å²) in [6.07, 6.45) is -4.37. The number of hydrogen-bond acceptors (Lipinski definition) is 3. The average molecular weight is 255 g/mol. The monoisotopic (exact) mass is 254 g/mol. The first-order valence-corrected chi connectivity index (χ1v) is 4.80. The minimum absolute atomic E-state index is 0.0908. The zero-order valence-corrected chi connectivity index (χ0v) is 9.19. The van der Waals surface area contributed by atoms with Gasteiger partial charge in [-0.25, -0.2) is 4.98 Å². The molecule has 0 atom stereocenters. The zero-order valence-electron chi connectivity index (χ0n) is 8.44. The van der Waals surface area contributed by atoms with E-state index in [4.69, 9.17) is 11.6 Å². The SMILES string of the molecule is CNCc1nc(OCC(F)(F)F)ccc1Cl. The molecule has 0 aliphatic heterocycles. The molecule has 1 heterocycles. The second-order valence-corrected chi connectivity index (χ2v) is 3.42. The van der Waals surface area contributed by atoms with Crippen LogP contribution < -0.4 is 10.1 Å². The molecule has 0 unspecified atom stereocenters. The predicted molar refractivity (Wildman–Crippen MR) is 53.6 cm³/mol. The molecule has 0 aromatic carbocycles. The molecule has 3 nitrogen and oxygen atoms in total. The molecule has 0 aliphatic carbocycles. The number of halogens is 4. The second kappa shape index (κ2) is 5.36. The predicted octanol–water partition coefficient (Wildman–Crippen LogP) is 2.40. The fraction of sp³-hybridized carbons (Fsp3) is 0.444. The first kappa shape index (κ1) is 13.1. The Bertz CT molecular complexity index is 357. The summed E-state index contributed by atoms with van der Waals surface area (Å²) in [5.41, 5.74) is 0.448. The van der Waals surface area contributed by atoms with E-state index >= 15 is 0 Å². The quantitative estimate of drug-likeness (QED) is 0.896. The highest BCUT2D eigenvalue weighted by atomic mass is 35.5. The largest absolute Gasteiger partial charge is 0.468 e. The minimum atomic E-state index is -4.37. The fourth-order valence-corrected chi connectivity index (χ4v) is 1.16. The van der Waals surface area contributed by atoms with Crippen molar-refractivity contribution >= 4 is 11.6 Å². The molecule has 0 bridgehead atoms. The van der Waals surface area contributed by atoms with E-state index in [1.807, 2.05) is 0 Å². The van der Waals surface area contributed by atoms with Crippen LogP contribution in [0.4, 0.5) is 13.2 Å². The molecule has 0 amide bonds. The summed E-state index contributed by atoms with van der Waals surface area (Å²) in [4.78, 5) is 3.85. The Morgan fingerprint density at radius 3 is 2.69 bits per heavy atom. The Morgan fingerprint density at radius 1 is 1.44 bits per heavy atom. The van der Waals surface area contributed by atoms with Crippen LogP contribution in [0.15, 0.2) is 12.1 Å². The molecule has 16 heavy (non-hydrogen) atoms. The highest BCUT2D eigenvalue weighted by Crippen LogP contribution is 2.20. The Morgan fingerprint density at radius 2 is 2.12 bits per heavy atom. The highest BCUT2D eigenvalue weighted by molar-refractivity contribution is 6.31. The van der Waals surface area contributed by atoms with Gasteiger partial charge in [-0.05, 0) is 13.1 Å². The van der Waals surface area contributed by atoms with Gasteiger partial charge in [-0.15, -0.1) is 0 Å². The smallest absolute Gasteiger partial charge is 0.422 e. The number of aromatic nitrogens is 1. The Labute approximate surface area is 95.6 Å². The first-order chi connectivity index (χ1) is 7.42. The molecule has 1 aromatic heterocycles. The lowest BCUT2D eigenvalue weighted by Gasteiger charge is -2.10. The van der Waals surface area contributed by atoms with Crippen LogP contribution in [0.5, 0.6) is 5.88 Å². The highest BCUT2D eigenvalue weighted by Gasteiger charge is 2.28. The summed E-state index contributed by atoms with van der Waals surface area (Å²) >= 11 is 5.78. The third-order valence-electron chi connectivity index (χ3n) is 1.62. The third kappa shape index (κ3) is 4.24. The molecule has 1 rings (SSSR count). The number of nitrogens with one attached hydrogen (secondary N) is 1. The summed E-state index contributed by atoms with van der Waals surface area (Å²) < 4.78 is 40.1. The van der Waals surface area contributed by atoms with E-state index in [2.05, 4.69) is 15.0 Å². The van der Waals surface area contributed by atoms with E-state index in [0.29, 0.717) is 17.3 Å². The summed E-state index contributed by atoms with van der Waals surface area (Å²) in [5, 5.41) is 3.18. The molecular weight excluding hydrogens is 245 g/mol. The van der Waals surface area contributed by atoms with Gasteiger partial charge in [-0.1, -0.05) is 11.6 Å². The van der Waals surface area contributed by atoms with Gasteiger partial charge in [-0.3, -0.25) is 0 Å². The Kier molecular flexibility index (Phi) is 4.37. The fourth-order valence-electron chi connectivity index (χ4n) is 0.992. The normalized spacial score (nSPS) is 11.6. The number of nitrogens with zero attached hydrogens (tertiary/aromatic N) is 1. The summed E-state index contributed by atoms with van der Waals surface area (Å²) in [5.74, 6) is -0.0908. The lowest BCUT2D eigenvalue weighted by molar-refractivity contribution is -0.154. The van der Waals surface area contributed by atoms with E-state index < -0.39 is 12.8 Å². The molecular formula is C9H10ClF3N2O. The molecule has 0 spiro atoms. The standard InChI is InChI=1S/C9H10ClF3N2O/c1-14-4-7-6(10)2-3-8(15-7)16-5-9(11,12)13/h2-3,14H,4-5H2,1H3. The first-order valence-electron chi connectivity index (χ1n) is 4.42. The molecule has 0 saturated carbocycles. The van der Waals surface area contributed by atoms with Crippen LogP contribution in [-0.2, 0) is 6.54 Å². The van der Waals surface area contributed by atoms with E-state index in [-0.39, 0.29) is 5.88 Å². The van der Waals surface area contributed by atoms with Crippen molar-refractivity contribution in [3.8, 4) is 5.88 Å². The van der Waals surface area contributed by atoms with Gasteiger partial charge >= 0.3 is 6.18 Å². The van der Waals surface area contributed by atoms with E-state index in [1.54, 1.807) is 7.05 Å². The number of ether oxygens (including phenoxy) is 1. The second-order valence-electron chi connectivity index (χ2n) is 3.01. The molecule has 0 fully saturated rings.